The van der Waals surface area contributed by atoms with E-state index in [2.05, 4.69) is 32.0 Å². The first-order valence-corrected chi connectivity index (χ1v) is 9.29. The summed E-state index contributed by atoms with van der Waals surface area (Å²) >= 11 is 0. The highest BCUT2D eigenvalue weighted by Crippen LogP contribution is 2.31. The van der Waals surface area contributed by atoms with Crippen LogP contribution in [0.25, 0.3) is 11.5 Å². The van der Waals surface area contributed by atoms with Crippen LogP contribution in [0, 0.1) is 5.92 Å². The molecule has 2 fully saturated rings. The molecule has 1 saturated carbocycles. The molecular formula is C17H27N7. The van der Waals surface area contributed by atoms with Gasteiger partial charge in [0.25, 0.3) is 0 Å². The lowest BCUT2D eigenvalue weighted by Crippen LogP contribution is -2.31. The number of aromatic amines is 1. The highest BCUT2D eigenvalue weighted by Gasteiger charge is 2.25. The van der Waals surface area contributed by atoms with Gasteiger partial charge in [-0.25, -0.2) is 9.67 Å². The van der Waals surface area contributed by atoms with E-state index in [1.165, 1.54) is 58.0 Å². The molecule has 2 aliphatic rings. The Morgan fingerprint density at radius 1 is 1.12 bits per heavy atom. The van der Waals surface area contributed by atoms with Crippen molar-refractivity contribution in [2.45, 2.75) is 57.4 Å². The molecule has 2 aromatic rings. The predicted molar refractivity (Wildman–Crippen MR) is 91.4 cm³/mol. The number of hydrogen-bond donors (Lipinski definition) is 1. The zero-order valence-electron chi connectivity index (χ0n) is 14.5. The number of aromatic nitrogens is 6. The van der Waals surface area contributed by atoms with Crippen LogP contribution in [-0.4, -0.2) is 55.2 Å². The second kappa shape index (κ2) is 7.01. The molecular weight excluding hydrogens is 302 g/mol. The van der Waals surface area contributed by atoms with Crippen molar-refractivity contribution in [2.24, 2.45) is 5.92 Å². The van der Waals surface area contributed by atoms with Gasteiger partial charge in [0.2, 0.25) is 0 Å². The summed E-state index contributed by atoms with van der Waals surface area (Å²) in [5.41, 5.74) is 0.808. The van der Waals surface area contributed by atoms with Crippen molar-refractivity contribution in [3.8, 4) is 11.5 Å². The third kappa shape index (κ3) is 3.36. The number of piperidine rings is 1. The molecule has 1 N–H and O–H groups in total. The quantitative estimate of drug-likeness (QED) is 0.932. The maximum Gasteiger partial charge on any atom is 0.180 e. The summed E-state index contributed by atoms with van der Waals surface area (Å²) in [4.78, 5) is 7.26. The van der Waals surface area contributed by atoms with Crippen molar-refractivity contribution in [1.29, 1.82) is 0 Å². The Kier molecular flexibility index (Phi) is 4.60. The third-order valence-electron chi connectivity index (χ3n) is 5.55. The fourth-order valence-electron chi connectivity index (χ4n) is 4.04. The van der Waals surface area contributed by atoms with Crippen molar-refractivity contribution >= 4 is 0 Å². The van der Waals surface area contributed by atoms with E-state index in [0.717, 1.165) is 23.8 Å². The minimum absolute atomic E-state index is 0.462. The average molecular weight is 329 g/mol. The Bertz CT molecular complexity index is 634. The van der Waals surface area contributed by atoms with Gasteiger partial charge in [-0.1, -0.05) is 19.3 Å². The maximum atomic E-state index is 4.91. The van der Waals surface area contributed by atoms with Gasteiger partial charge in [-0.15, -0.1) is 0 Å². The molecule has 0 atom stereocenters. The monoisotopic (exact) mass is 329 g/mol. The fraction of sp³-hybridized carbons (Fsp3) is 0.765. The van der Waals surface area contributed by atoms with E-state index < -0.39 is 0 Å². The van der Waals surface area contributed by atoms with Gasteiger partial charge in [0.05, 0.1) is 12.2 Å². The summed E-state index contributed by atoms with van der Waals surface area (Å²) < 4.78 is 2.14. The summed E-state index contributed by atoms with van der Waals surface area (Å²) in [5, 5.41) is 15.8. The summed E-state index contributed by atoms with van der Waals surface area (Å²) in [5.74, 6) is 2.57. The Morgan fingerprint density at radius 3 is 2.62 bits per heavy atom. The van der Waals surface area contributed by atoms with E-state index in [0.29, 0.717) is 12.0 Å². The first-order valence-electron chi connectivity index (χ1n) is 9.29. The highest BCUT2D eigenvalue weighted by atomic mass is 15.4. The number of nitrogens with zero attached hydrogens (tertiary/aromatic N) is 6. The summed E-state index contributed by atoms with van der Waals surface area (Å²) in [6, 6.07) is 0.462. The van der Waals surface area contributed by atoms with Crippen molar-refractivity contribution in [3.05, 3.63) is 12.0 Å². The van der Waals surface area contributed by atoms with E-state index in [1.807, 2.05) is 0 Å². The van der Waals surface area contributed by atoms with Crippen molar-refractivity contribution in [2.75, 3.05) is 20.1 Å². The van der Waals surface area contributed by atoms with Crippen LogP contribution in [0.15, 0.2) is 6.20 Å². The Labute approximate surface area is 142 Å². The van der Waals surface area contributed by atoms with Crippen molar-refractivity contribution in [1.82, 2.24) is 35.1 Å². The first kappa shape index (κ1) is 15.7. The van der Waals surface area contributed by atoms with Gasteiger partial charge < -0.3 is 4.90 Å². The Hall–Kier alpha value is -1.76. The smallest absolute Gasteiger partial charge is 0.180 e. The first-order chi connectivity index (χ1) is 11.8. The van der Waals surface area contributed by atoms with E-state index >= 15 is 0 Å². The van der Waals surface area contributed by atoms with Crippen LogP contribution in [0.3, 0.4) is 0 Å². The molecule has 0 radical (unpaired) electrons. The zero-order valence-corrected chi connectivity index (χ0v) is 14.5. The van der Waals surface area contributed by atoms with Gasteiger partial charge >= 0.3 is 0 Å². The van der Waals surface area contributed by atoms with Crippen LogP contribution in [0.1, 0.15) is 56.8 Å². The van der Waals surface area contributed by atoms with Crippen molar-refractivity contribution in [3.63, 3.8) is 0 Å². The van der Waals surface area contributed by atoms with Crippen LogP contribution in [0.4, 0.5) is 0 Å². The second-order valence-corrected chi connectivity index (χ2v) is 7.39. The van der Waals surface area contributed by atoms with E-state index in [1.54, 1.807) is 6.20 Å². The van der Waals surface area contributed by atoms with Gasteiger partial charge in [0, 0.05) is 6.42 Å². The normalized spacial score (nSPS) is 21.4. The molecule has 7 heteroatoms. The lowest BCUT2D eigenvalue weighted by Gasteiger charge is -2.28. The number of likely N-dealkylation sites (tertiary alicyclic amines) is 1. The van der Waals surface area contributed by atoms with Crippen LogP contribution < -0.4 is 0 Å². The molecule has 1 aliphatic carbocycles. The topological polar surface area (TPSA) is 75.5 Å². The van der Waals surface area contributed by atoms with Gasteiger partial charge in [-0.3, -0.25) is 0 Å². The molecule has 3 heterocycles. The molecule has 1 aliphatic heterocycles. The second-order valence-electron chi connectivity index (χ2n) is 7.39. The third-order valence-corrected chi connectivity index (χ3v) is 5.55. The van der Waals surface area contributed by atoms with Crippen LogP contribution in [-0.2, 0) is 6.42 Å². The van der Waals surface area contributed by atoms with Gasteiger partial charge in [0.1, 0.15) is 5.69 Å². The maximum absolute atomic E-state index is 4.91. The molecule has 24 heavy (non-hydrogen) atoms. The van der Waals surface area contributed by atoms with Crippen molar-refractivity contribution < 1.29 is 0 Å². The molecule has 7 nitrogen and oxygen atoms in total. The molecule has 0 aromatic carbocycles. The van der Waals surface area contributed by atoms with Crippen LogP contribution in [0.5, 0.6) is 0 Å². The summed E-state index contributed by atoms with van der Waals surface area (Å²) in [6.07, 6.45) is 11.5. The molecule has 0 amide bonds. The molecule has 2 aromatic heterocycles. The fourth-order valence-corrected chi connectivity index (χ4v) is 4.04. The summed E-state index contributed by atoms with van der Waals surface area (Å²) in [6.45, 7) is 2.37. The minimum atomic E-state index is 0.462. The van der Waals surface area contributed by atoms with E-state index in [4.69, 9.17) is 10.1 Å². The Balaban J connectivity index is 1.56. The molecule has 130 valence electrons. The number of nitrogens with one attached hydrogen (secondary N) is 1. The molecule has 0 unspecified atom stereocenters. The van der Waals surface area contributed by atoms with E-state index in [-0.39, 0.29) is 0 Å². The number of H-pyrrole nitrogens is 1. The molecule has 0 spiro atoms. The standard InChI is InChI=1S/C17H27N7/c1-23-9-7-13(8-10-23)11-16-19-17(15-12-18-22-20-15)24(21-16)14-5-3-2-4-6-14/h12-14H,2-11H2,1H3,(H,18,20,22). The lowest BCUT2D eigenvalue weighted by atomic mass is 9.94. The molecule has 0 bridgehead atoms. The molecule has 1 saturated heterocycles. The van der Waals surface area contributed by atoms with Gasteiger partial charge in [-0.2, -0.15) is 20.5 Å². The molecule has 4 rings (SSSR count). The average Bonchev–Trinajstić information content (AvgIpc) is 3.27. The highest BCUT2D eigenvalue weighted by molar-refractivity contribution is 5.47. The minimum Gasteiger partial charge on any atom is -0.306 e. The van der Waals surface area contributed by atoms with Gasteiger partial charge in [0.15, 0.2) is 11.6 Å². The van der Waals surface area contributed by atoms with E-state index in [9.17, 15) is 0 Å². The SMILES string of the molecule is CN1CCC(Cc2nc(-c3cn[nH]n3)n(C3CCCCC3)n2)CC1. The van der Waals surface area contributed by atoms with Crippen LogP contribution >= 0.6 is 0 Å². The Morgan fingerprint density at radius 2 is 1.92 bits per heavy atom. The van der Waals surface area contributed by atoms with Gasteiger partial charge in [-0.05, 0) is 51.7 Å². The summed E-state index contributed by atoms with van der Waals surface area (Å²) in [7, 11) is 2.20. The number of rotatable bonds is 4. The number of hydrogen-bond acceptors (Lipinski definition) is 5. The lowest BCUT2D eigenvalue weighted by molar-refractivity contribution is 0.217. The zero-order chi connectivity index (χ0) is 16.4. The van der Waals surface area contributed by atoms with Crippen LogP contribution in [0.2, 0.25) is 0 Å². The predicted octanol–water partition coefficient (Wildman–Crippen LogP) is 2.45. The largest absolute Gasteiger partial charge is 0.306 e.